The molecule has 5 nitrogen and oxygen atoms in total. The Kier molecular flexibility index (Phi) is 4.77. The molecule has 6 heteroatoms. The SMILES string of the molecule is CCc1nc(C#N)c(NCC(c2cccs2)N(C)C)o1. The summed E-state index contributed by atoms with van der Waals surface area (Å²) in [6.07, 6.45) is 0.679. The molecule has 0 aliphatic carbocycles. The topological polar surface area (TPSA) is 65.1 Å². The van der Waals surface area contributed by atoms with Gasteiger partial charge >= 0.3 is 0 Å². The molecule has 0 saturated carbocycles. The van der Waals surface area contributed by atoms with Gasteiger partial charge in [0.1, 0.15) is 6.07 Å². The largest absolute Gasteiger partial charge is 0.424 e. The Morgan fingerprint density at radius 2 is 2.35 bits per heavy atom. The smallest absolute Gasteiger partial charge is 0.232 e. The predicted molar refractivity (Wildman–Crippen MR) is 79.8 cm³/mol. The lowest BCUT2D eigenvalue weighted by molar-refractivity contribution is 0.314. The number of aryl methyl sites for hydroxylation is 1. The van der Waals surface area contributed by atoms with Crippen molar-refractivity contribution in [2.24, 2.45) is 0 Å². The third-order valence-corrected chi connectivity index (χ3v) is 4.00. The maximum atomic E-state index is 9.06. The van der Waals surface area contributed by atoms with Crippen LogP contribution in [-0.4, -0.2) is 30.5 Å². The first-order valence-corrected chi connectivity index (χ1v) is 7.37. The number of nitrogens with zero attached hydrogens (tertiary/aromatic N) is 3. The number of anilines is 1. The lowest BCUT2D eigenvalue weighted by Crippen LogP contribution is -2.26. The Hall–Kier alpha value is -1.84. The zero-order chi connectivity index (χ0) is 14.5. The number of hydrogen-bond acceptors (Lipinski definition) is 6. The van der Waals surface area contributed by atoms with E-state index < -0.39 is 0 Å². The molecule has 2 aromatic heterocycles. The summed E-state index contributed by atoms with van der Waals surface area (Å²) in [5.74, 6) is 1.05. The van der Waals surface area contributed by atoms with Crippen molar-refractivity contribution in [3.05, 3.63) is 34.0 Å². The summed E-state index contributed by atoms with van der Waals surface area (Å²) in [4.78, 5) is 7.55. The van der Waals surface area contributed by atoms with Gasteiger partial charge in [-0.3, -0.25) is 0 Å². The Morgan fingerprint density at radius 3 is 2.90 bits per heavy atom. The van der Waals surface area contributed by atoms with E-state index in [1.54, 1.807) is 11.3 Å². The van der Waals surface area contributed by atoms with E-state index in [0.29, 0.717) is 30.4 Å². The third kappa shape index (κ3) is 3.18. The van der Waals surface area contributed by atoms with E-state index in [4.69, 9.17) is 9.68 Å². The number of thiophene rings is 1. The first kappa shape index (κ1) is 14.6. The zero-order valence-electron chi connectivity index (χ0n) is 11.9. The molecule has 0 aliphatic rings. The normalized spacial score (nSPS) is 12.3. The van der Waals surface area contributed by atoms with Gasteiger partial charge < -0.3 is 14.6 Å². The van der Waals surface area contributed by atoms with Gasteiger partial charge in [-0.15, -0.1) is 11.3 Å². The third-order valence-electron chi connectivity index (χ3n) is 3.03. The lowest BCUT2D eigenvalue weighted by Gasteiger charge is -2.23. The van der Waals surface area contributed by atoms with Crippen molar-refractivity contribution in [3.8, 4) is 6.07 Å². The molecule has 1 atom stereocenters. The highest BCUT2D eigenvalue weighted by Crippen LogP contribution is 2.25. The van der Waals surface area contributed by atoms with Crippen molar-refractivity contribution in [1.82, 2.24) is 9.88 Å². The summed E-state index contributed by atoms with van der Waals surface area (Å²) >= 11 is 1.72. The minimum absolute atomic E-state index is 0.233. The Morgan fingerprint density at radius 1 is 1.55 bits per heavy atom. The Labute approximate surface area is 122 Å². The van der Waals surface area contributed by atoms with Crippen molar-refractivity contribution >= 4 is 17.2 Å². The second kappa shape index (κ2) is 6.55. The van der Waals surface area contributed by atoms with E-state index in [9.17, 15) is 0 Å². The van der Waals surface area contributed by atoms with E-state index >= 15 is 0 Å². The molecule has 1 unspecified atom stereocenters. The van der Waals surface area contributed by atoms with Gasteiger partial charge in [-0.05, 0) is 25.5 Å². The molecule has 2 rings (SSSR count). The Balaban J connectivity index is 2.10. The number of likely N-dealkylation sites (N-methyl/N-ethyl adjacent to an activating group) is 1. The highest BCUT2D eigenvalue weighted by atomic mass is 32.1. The van der Waals surface area contributed by atoms with Gasteiger partial charge in [0.15, 0.2) is 5.89 Å². The van der Waals surface area contributed by atoms with Gasteiger partial charge in [0.25, 0.3) is 0 Å². The molecule has 0 spiro atoms. The van der Waals surface area contributed by atoms with Crippen molar-refractivity contribution < 1.29 is 4.42 Å². The van der Waals surface area contributed by atoms with Gasteiger partial charge in [-0.2, -0.15) is 5.26 Å². The summed E-state index contributed by atoms with van der Waals surface area (Å²) in [6.45, 7) is 2.62. The van der Waals surface area contributed by atoms with Crippen LogP contribution in [0.15, 0.2) is 21.9 Å². The standard InChI is InChI=1S/C14H18N4OS/c1-4-13-17-10(8-15)14(19-13)16-9-11(18(2)3)12-6-5-7-20-12/h5-7,11,16H,4,9H2,1-3H3. The fourth-order valence-corrected chi connectivity index (χ4v) is 2.84. The molecule has 0 saturated heterocycles. The zero-order valence-corrected chi connectivity index (χ0v) is 12.7. The number of aromatic nitrogens is 1. The van der Waals surface area contributed by atoms with E-state index in [1.807, 2.05) is 27.1 Å². The van der Waals surface area contributed by atoms with Crippen molar-refractivity contribution in [1.29, 1.82) is 5.26 Å². The molecule has 0 aromatic carbocycles. The highest BCUT2D eigenvalue weighted by molar-refractivity contribution is 7.10. The van der Waals surface area contributed by atoms with Crippen LogP contribution in [0.25, 0.3) is 0 Å². The molecule has 0 bridgehead atoms. The molecular formula is C14H18N4OS. The number of hydrogen-bond donors (Lipinski definition) is 1. The van der Waals surface area contributed by atoms with E-state index in [2.05, 4.69) is 32.7 Å². The van der Waals surface area contributed by atoms with Gasteiger partial charge in [0, 0.05) is 17.8 Å². The number of nitrogens with one attached hydrogen (secondary N) is 1. The van der Waals surface area contributed by atoms with Crippen LogP contribution in [0.5, 0.6) is 0 Å². The maximum absolute atomic E-state index is 9.06. The summed E-state index contributed by atoms with van der Waals surface area (Å²) in [7, 11) is 4.07. The van der Waals surface area contributed by atoms with Crippen LogP contribution in [-0.2, 0) is 6.42 Å². The van der Waals surface area contributed by atoms with Crippen molar-refractivity contribution in [2.45, 2.75) is 19.4 Å². The molecule has 1 N–H and O–H groups in total. The van der Waals surface area contributed by atoms with E-state index in [1.165, 1.54) is 4.88 Å². The second-order valence-electron chi connectivity index (χ2n) is 4.63. The molecule has 0 radical (unpaired) electrons. The van der Waals surface area contributed by atoms with E-state index in [-0.39, 0.29) is 6.04 Å². The van der Waals surface area contributed by atoms with Crippen LogP contribution >= 0.6 is 11.3 Å². The fraction of sp³-hybridized carbons (Fsp3) is 0.429. The molecule has 0 amide bonds. The number of rotatable bonds is 6. The van der Waals surface area contributed by atoms with Crippen LogP contribution in [0, 0.1) is 11.3 Å². The van der Waals surface area contributed by atoms with Gasteiger partial charge in [0.2, 0.25) is 11.6 Å². The minimum atomic E-state index is 0.233. The summed E-state index contributed by atoms with van der Waals surface area (Å²) in [6, 6.07) is 6.45. The summed E-state index contributed by atoms with van der Waals surface area (Å²) in [5.41, 5.74) is 0.325. The lowest BCUT2D eigenvalue weighted by atomic mass is 10.2. The van der Waals surface area contributed by atoms with Gasteiger partial charge in [-0.1, -0.05) is 13.0 Å². The van der Waals surface area contributed by atoms with Crippen LogP contribution < -0.4 is 5.32 Å². The first-order chi connectivity index (χ1) is 9.65. The molecular weight excluding hydrogens is 272 g/mol. The predicted octanol–water partition coefficient (Wildman–Crippen LogP) is 2.88. The highest BCUT2D eigenvalue weighted by Gasteiger charge is 2.18. The van der Waals surface area contributed by atoms with Crippen LogP contribution in [0.1, 0.15) is 29.4 Å². The van der Waals surface area contributed by atoms with Crippen LogP contribution in [0.2, 0.25) is 0 Å². The molecule has 2 aromatic rings. The van der Waals surface area contributed by atoms with Gasteiger partial charge in [0.05, 0.1) is 6.04 Å². The minimum Gasteiger partial charge on any atom is -0.424 e. The first-order valence-electron chi connectivity index (χ1n) is 6.49. The average molecular weight is 290 g/mol. The number of oxazole rings is 1. The molecule has 20 heavy (non-hydrogen) atoms. The quantitative estimate of drug-likeness (QED) is 0.886. The molecule has 0 aliphatic heterocycles. The molecule has 2 heterocycles. The summed E-state index contributed by atoms with van der Waals surface area (Å²) < 4.78 is 5.54. The van der Waals surface area contributed by atoms with Crippen molar-refractivity contribution in [3.63, 3.8) is 0 Å². The van der Waals surface area contributed by atoms with Crippen molar-refractivity contribution in [2.75, 3.05) is 26.0 Å². The number of nitriles is 1. The molecule has 0 fully saturated rings. The fourth-order valence-electron chi connectivity index (χ4n) is 1.92. The Bertz CT molecular complexity index is 583. The maximum Gasteiger partial charge on any atom is 0.232 e. The van der Waals surface area contributed by atoms with E-state index in [0.717, 1.165) is 0 Å². The summed E-state index contributed by atoms with van der Waals surface area (Å²) in [5, 5.41) is 14.3. The monoisotopic (exact) mass is 290 g/mol. The van der Waals surface area contributed by atoms with Crippen LogP contribution in [0.4, 0.5) is 5.88 Å². The second-order valence-corrected chi connectivity index (χ2v) is 5.61. The van der Waals surface area contributed by atoms with Crippen LogP contribution in [0.3, 0.4) is 0 Å². The molecule has 106 valence electrons. The average Bonchev–Trinajstić information content (AvgIpc) is 3.07. The van der Waals surface area contributed by atoms with Gasteiger partial charge in [-0.25, -0.2) is 4.98 Å².